The molecule has 0 aromatic heterocycles. The maximum atomic E-state index is 10.7. The molecule has 0 heterocycles. The topological polar surface area (TPSA) is 92.9 Å². The number of amides is 3. The zero-order chi connectivity index (χ0) is 8.85. The van der Waals surface area contributed by atoms with E-state index in [0.29, 0.717) is 11.7 Å². The number of primary amides is 1. The smallest absolute Gasteiger partial charge is 0.346 e. The fraction of sp³-hybridized carbons (Fsp3) is 0.400. The molecule has 3 amide bonds. The Morgan fingerprint density at radius 3 is 2.55 bits per heavy atom. The molecule has 0 bridgehead atoms. The number of nitrogens with zero attached hydrogens (tertiary/aromatic N) is 1. The van der Waals surface area contributed by atoms with Gasteiger partial charge in [-0.15, -0.1) is 5.06 Å². The van der Waals surface area contributed by atoms with Gasteiger partial charge in [0, 0.05) is 0 Å². The molecule has 1 radical (unpaired) electrons. The monoisotopic (exact) mass is 161 g/mol. The van der Waals surface area contributed by atoms with Crippen LogP contribution < -0.4 is 5.73 Å². The van der Waals surface area contributed by atoms with Crippen molar-refractivity contribution in [3.63, 3.8) is 0 Å². The third-order valence-corrected chi connectivity index (χ3v) is 0.875. The van der Waals surface area contributed by atoms with Gasteiger partial charge in [-0.3, -0.25) is 9.63 Å². The summed E-state index contributed by atoms with van der Waals surface area (Å²) < 4.78 is 0. The summed E-state index contributed by atoms with van der Waals surface area (Å²) in [5.41, 5.74) is 4.72. The highest BCUT2D eigenvalue weighted by Gasteiger charge is 2.17. The Kier molecular flexibility index (Phi) is 4.16. The Morgan fingerprint density at radius 2 is 2.27 bits per heavy atom. The van der Waals surface area contributed by atoms with Crippen LogP contribution >= 0.6 is 0 Å². The molecule has 0 unspecified atom stereocenters. The minimum absolute atomic E-state index is 0.309. The second-order valence-corrected chi connectivity index (χ2v) is 1.60. The third kappa shape index (κ3) is 2.96. The molecule has 0 aliphatic rings. The van der Waals surface area contributed by atoms with Gasteiger partial charge < -0.3 is 10.8 Å². The normalized spacial score (nSPS) is 9.27. The summed E-state index contributed by atoms with van der Waals surface area (Å²) in [5, 5.41) is 8.54. The molecule has 0 atom stereocenters. The lowest BCUT2D eigenvalue weighted by Crippen LogP contribution is -2.39. The van der Waals surface area contributed by atoms with E-state index >= 15 is 0 Å². The van der Waals surface area contributed by atoms with E-state index in [4.69, 9.17) is 10.8 Å². The van der Waals surface area contributed by atoms with Crippen LogP contribution in [0.3, 0.4) is 0 Å². The van der Waals surface area contributed by atoms with Crippen LogP contribution in [-0.4, -0.2) is 29.2 Å². The van der Waals surface area contributed by atoms with E-state index in [9.17, 15) is 9.59 Å². The Labute approximate surface area is 63.5 Å². The second kappa shape index (κ2) is 4.64. The Hall–Kier alpha value is -1.14. The van der Waals surface area contributed by atoms with E-state index in [0.717, 1.165) is 7.11 Å². The van der Waals surface area contributed by atoms with Gasteiger partial charge in [0.15, 0.2) is 0 Å². The van der Waals surface area contributed by atoms with Gasteiger partial charge in [0.2, 0.25) is 0 Å². The van der Waals surface area contributed by atoms with Gasteiger partial charge in [0.25, 0.3) is 5.91 Å². The molecule has 6 nitrogen and oxygen atoms in total. The van der Waals surface area contributed by atoms with Gasteiger partial charge >= 0.3 is 6.03 Å². The van der Waals surface area contributed by atoms with E-state index in [-0.39, 0.29) is 6.42 Å². The SMILES string of the molecule is CON(C(N)=O)C(=O)C[CH]O. The summed E-state index contributed by atoms with van der Waals surface area (Å²) in [6, 6.07) is -1.01. The predicted molar refractivity (Wildman–Crippen MR) is 34.3 cm³/mol. The lowest BCUT2D eigenvalue weighted by molar-refractivity contribution is -0.159. The van der Waals surface area contributed by atoms with Gasteiger partial charge in [-0.1, -0.05) is 0 Å². The highest BCUT2D eigenvalue weighted by atomic mass is 16.7. The molecule has 0 aliphatic heterocycles. The fourth-order valence-electron chi connectivity index (χ4n) is 0.476. The van der Waals surface area contributed by atoms with E-state index < -0.39 is 11.9 Å². The Balaban J connectivity index is 4.03. The van der Waals surface area contributed by atoms with Gasteiger partial charge in [-0.05, 0) is 0 Å². The fourth-order valence-corrected chi connectivity index (χ4v) is 0.476. The molecule has 0 saturated carbocycles. The number of urea groups is 1. The second-order valence-electron chi connectivity index (χ2n) is 1.60. The molecule has 0 spiro atoms. The number of nitrogens with two attached hydrogens (primary N) is 1. The van der Waals surface area contributed by atoms with Crippen molar-refractivity contribution in [3.8, 4) is 0 Å². The third-order valence-electron chi connectivity index (χ3n) is 0.875. The zero-order valence-electron chi connectivity index (χ0n) is 5.98. The number of hydroxylamine groups is 2. The number of hydrogen-bond donors (Lipinski definition) is 2. The first-order chi connectivity index (χ1) is 5.13. The van der Waals surface area contributed by atoms with Crippen molar-refractivity contribution >= 4 is 11.9 Å². The first-order valence-electron chi connectivity index (χ1n) is 2.75. The summed E-state index contributed by atoms with van der Waals surface area (Å²) in [6.45, 7) is 0.608. The van der Waals surface area contributed by atoms with E-state index in [1.54, 1.807) is 0 Å². The molecule has 6 heteroatoms. The lowest BCUT2D eigenvalue weighted by Gasteiger charge is -2.13. The maximum absolute atomic E-state index is 10.7. The van der Waals surface area contributed by atoms with Crippen molar-refractivity contribution in [3.05, 3.63) is 6.61 Å². The van der Waals surface area contributed by atoms with Crippen molar-refractivity contribution in [1.82, 2.24) is 5.06 Å². The number of aliphatic hydroxyl groups is 1. The minimum Gasteiger partial charge on any atom is -0.390 e. The molecular formula is C5H9N2O4. The standard InChI is InChI=1S/C5H9N2O4/c1-11-7(5(6)10)4(9)2-3-8/h3,8H,2H2,1H3,(H2,6,10). The van der Waals surface area contributed by atoms with Crippen LogP contribution in [0.1, 0.15) is 6.42 Å². The summed E-state index contributed by atoms with van der Waals surface area (Å²) >= 11 is 0. The quantitative estimate of drug-likeness (QED) is 0.539. The summed E-state index contributed by atoms with van der Waals surface area (Å²) in [6.07, 6.45) is -0.309. The van der Waals surface area contributed by atoms with Crippen LogP contribution in [0.25, 0.3) is 0 Å². The summed E-state index contributed by atoms with van der Waals surface area (Å²) in [7, 11) is 1.13. The van der Waals surface area contributed by atoms with Crippen LogP contribution in [0.2, 0.25) is 0 Å². The van der Waals surface area contributed by atoms with Gasteiger partial charge in [-0.2, -0.15) is 0 Å². The number of imide groups is 1. The molecule has 0 rings (SSSR count). The first kappa shape index (κ1) is 9.86. The number of carbonyl (C=O) groups is 2. The van der Waals surface area contributed by atoms with Crippen molar-refractivity contribution in [2.24, 2.45) is 5.73 Å². The van der Waals surface area contributed by atoms with Crippen LogP contribution in [0, 0.1) is 6.61 Å². The summed E-state index contributed by atoms with van der Waals surface area (Å²) in [5.74, 6) is -0.720. The predicted octanol–water partition coefficient (Wildman–Crippen LogP) is -0.621. The molecule has 0 aromatic carbocycles. The first-order valence-corrected chi connectivity index (χ1v) is 2.75. The number of rotatable bonds is 3. The molecule has 63 valence electrons. The molecule has 0 saturated heterocycles. The number of hydrogen-bond acceptors (Lipinski definition) is 4. The zero-order valence-corrected chi connectivity index (χ0v) is 5.98. The lowest BCUT2D eigenvalue weighted by atomic mass is 10.4. The van der Waals surface area contributed by atoms with Gasteiger partial charge in [0.1, 0.15) is 0 Å². The molecule has 0 aromatic rings. The summed E-state index contributed by atoms with van der Waals surface area (Å²) in [4.78, 5) is 25.4. The van der Waals surface area contributed by atoms with Gasteiger partial charge in [0.05, 0.1) is 20.1 Å². The Bertz CT molecular complexity index is 159. The van der Waals surface area contributed by atoms with Crippen molar-refractivity contribution in [2.75, 3.05) is 7.11 Å². The minimum atomic E-state index is -1.01. The number of aliphatic hydroxyl groups excluding tert-OH is 1. The average Bonchev–Trinajstić information content (AvgIpc) is 1.88. The molecule has 11 heavy (non-hydrogen) atoms. The largest absolute Gasteiger partial charge is 0.390 e. The highest BCUT2D eigenvalue weighted by Crippen LogP contribution is 1.94. The average molecular weight is 161 g/mol. The maximum Gasteiger partial charge on any atom is 0.346 e. The van der Waals surface area contributed by atoms with Gasteiger partial charge in [-0.25, -0.2) is 4.79 Å². The molecular weight excluding hydrogens is 152 g/mol. The highest BCUT2D eigenvalue weighted by molar-refractivity contribution is 5.92. The van der Waals surface area contributed by atoms with E-state index in [2.05, 4.69) is 4.84 Å². The van der Waals surface area contributed by atoms with Crippen LogP contribution in [0.15, 0.2) is 0 Å². The molecule has 0 aliphatic carbocycles. The Morgan fingerprint density at radius 1 is 1.73 bits per heavy atom. The number of carbonyl (C=O) groups excluding carboxylic acids is 2. The van der Waals surface area contributed by atoms with Crippen molar-refractivity contribution in [2.45, 2.75) is 6.42 Å². The molecule has 0 fully saturated rings. The van der Waals surface area contributed by atoms with E-state index in [1.165, 1.54) is 0 Å². The van der Waals surface area contributed by atoms with Crippen LogP contribution in [0.5, 0.6) is 0 Å². The van der Waals surface area contributed by atoms with Crippen LogP contribution in [0.4, 0.5) is 4.79 Å². The van der Waals surface area contributed by atoms with Crippen molar-refractivity contribution < 1.29 is 19.5 Å². The van der Waals surface area contributed by atoms with Crippen molar-refractivity contribution in [1.29, 1.82) is 0 Å². The van der Waals surface area contributed by atoms with Crippen LogP contribution in [-0.2, 0) is 9.63 Å². The molecule has 3 N–H and O–H groups in total. The van der Waals surface area contributed by atoms with E-state index in [1.807, 2.05) is 0 Å².